The van der Waals surface area contributed by atoms with Gasteiger partial charge in [0.2, 0.25) is 0 Å². The van der Waals surface area contributed by atoms with Crippen LogP contribution in [0, 0.1) is 16.7 Å². The fourth-order valence-corrected chi connectivity index (χ4v) is 4.70. The first kappa shape index (κ1) is 20.1. The average Bonchev–Trinajstić information content (AvgIpc) is 2.87. The summed E-state index contributed by atoms with van der Waals surface area (Å²) in [6.07, 6.45) is 0.958. The van der Waals surface area contributed by atoms with E-state index in [-0.39, 0.29) is 6.42 Å². The molecule has 1 fully saturated rings. The number of nitrogens with one attached hydrogen (secondary N) is 1. The number of aldehydes is 1. The van der Waals surface area contributed by atoms with Gasteiger partial charge in [-0.05, 0) is 23.8 Å². The molecule has 1 aliphatic heterocycles. The molecular weight excluding hydrogens is 334 g/mol. The van der Waals surface area contributed by atoms with Gasteiger partial charge in [0.1, 0.15) is 11.8 Å². The van der Waals surface area contributed by atoms with Gasteiger partial charge in [0.15, 0.2) is 0 Å². The van der Waals surface area contributed by atoms with Crippen LogP contribution in [0.3, 0.4) is 0 Å². The van der Waals surface area contributed by atoms with Gasteiger partial charge in [-0.25, -0.2) is 0 Å². The van der Waals surface area contributed by atoms with Crippen molar-refractivity contribution < 1.29 is 24.6 Å². The lowest BCUT2D eigenvalue weighted by molar-refractivity contribution is -0.159. The third-order valence-electron chi connectivity index (χ3n) is 5.88. The third-order valence-corrected chi connectivity index (χ3v) is 5.88. The molecule has 1 aromatic rings. The van der Waals surface area contributed by atoms with E-state index < -0.39 is 40.3 Å². The highest BCUT2D eigenvalue weighted by atomic mass is 16.4. The van der Waals surface area contributed by atoms with Crippen LogP contribution in [0.5, 0.6) is 0 Å². The molecule has 2 rings (SSSR count). The maximum absolute atomic E-state index is 12.5. The minimum atomic E-state index is -1.54. The van der Waals surface area contributed by atoms with Crippen molar-refractivity contribution in [2.45, 2.75) is 52.1 Å². The van der Waals surface area contributed by atoms with Gasteiger partial charge in [-0.15, -0.1) is 0 Å². The molecule has 6 heteroatoms. The molecule has 142 valence electrons. The van der Waals surface area contributed by atoms with Gasteiger partial charge >= 0.3 is 11.9 Å². The molecule has 1 saturated heterocycles. The van der Waals surface area contributed by atoms with E-state index in [0.717, 1.165) is 5.56 Å². The molecule has 0 amide bonds. The molecule has 1 aromatic carbocycles. The Morgan fingerprint density at radius 1 is 1.15 bits per heavy atom. The van der Waals surface area contributed by atoms with Crippen LogP contribution < -0.4 is 5.32 Å². The Hall–Kier alpha value is -2.21. The summed E-state index contributed by atoms with van der Waals surface area (Å²) in [5.41, 5.74) is -3.10. The molecular formula is C20H27NO5. The van der Waals surface area contributed by atoms with Gasteiger partial charge in [-0.1, -0.05) is 58.0 Å². The molecule has 1 aliphatic rings. The minimum absolute atomic E-state index is 0.0865. The minimum Gasteiger partial charge on any atom is -0.481 e. The molecule has 4 atom stereocenters. The number of carbonyl (C=O) groups is 3. The second kappa shape index (κ2) is 6.83. The lowest BCUT2D eigenvalue weighted by Gasteiger charge is -2.45. The zero-order chi connectivity index (χ0) is 19.8. The SMILES string of the molecule is CCC1C(Cc2ccccc2)(C(=O)O)C(C=O)NC1(C(=O)O)C(C)(C)C. The summed E-state index contributed by atoms with van der Waals surface area (Å²) >= 11 is 0. The largest absolute Gasteiger partial charge is 0.481 e. The van der Waals surface area contributed by atoms with Crippen molar-refractivity contribution in [1.82, 2.24) is 5.32 Å². The Bertz CT molecular complexity index is 696. The van der Waals surface area contributed by atoms with Crippen LogP contribution in [-0.4, -0.2) is 40.0 Å². The first-order valence-corrected chi connectivity index (χ1v) is 8.81. The maximum atomic E-state index is 12.5. The van der Waals surface area contributed by atoms with Gasteiger partial charge in [-0.3, -0.25) is 14.9 Å². The number of carboxylic acids is 2. The number of carbonyl (C=O) groups excluding carboxylic acids is 1. The smallest absolute Gasteiger partial charge is 0.324 e. The summed E-state index contributed by atoms with van der Waals surface area (Å²) in [6, 6.07) is 7.94. The summed E-state index contributed by atoms with van der Waals surface area (Å²) in [4.78, 5) is 36.8. The lowest BCUT2D eigenvalue weighted by Crippen LogP contribution is -2.62. The van der Waals surface area contributed by atoms with Crippen LogP contribution >= 0.6 is 0 Å². The zero-order valence-corrected chi connectivity index (χ0v) is 15.7. The van der Waals surface area contributed by atoms with Crippen LogP contribution in [0.2, 0.25) is 0 Å². The highest BCUT2D eigenvalue weighted by Crippen LogP contribution is 2.55. The van der Waals surface area contributed by atoms with Gasteiger partial charge in [0.05, 0.1) is 11.5 Å². The number of carboxylic acid groups (broad SMARTS) is 2. The predicted octanol–water partition coefficient (Wildman–Crippen LogP) is 2.37. The molecule has 1 heterocycles. The Labute approximate surface area is 153 Å². The predicted molar refractivity (Wildman–Crippen MR) is 96.8 cm³/mol. The third kappa shape index (κ3) is 2.72. The number of hydrogen-bond acceptors (Lipinski definition) is 4. The summed E-state index contributed by atoms with van der Waals surface area (Å²) in [5, 5.41) is 23.3. The number of hydrogen-bond donors (Lipinski definition) is 3. The monoisotopic (exact) mass is 361 g/mol. The molecule has 4 unspecified atom stereocenters. The Balaban J connectivity index is 2.74. The molecule has 0 aromatic heterocycles. The first-order valence-electron chi connectivity index (χ1n) is 8.81. The second-order valence-electron chi connectivity index (χ2n) is 8.09. The van der Waals surface area contributed by atoms with Crippen LogP contribution in [0.1, 0.15) is 39.7 Å². The van der Waals surface area contributed by atoms with Crippen molar-refractivity contribution in [3.05, 3.63) is 35.9 Å². The summed E-state index contributed by atoms with van der Waals surface area (Å²) in [6.45, 7) is 7.07. The van der Waals surface area contributed by atoms with E-state index in [4.69, 9.17) is 0 Å². The Morgan fingerprint density at radius 2 is 1.73 bits per heavy atom. The quantitative estimate of drug-likeness (QED) is 0.672. The normalized spacial score (nSPS) is 31.5. The van der Waals surface area contributed by atoms with Crippen molar-refractivity contribution in [3.63, 3.8) is 0 Å². The fourth-order valence-electron chi connectivity index (χ4n) is 4.70. The zero-order valence-electron chi connectivity index (χ0n) is 15.7. The van der Waals surface area contributed by atoms with Gasteiger partial charge in [0, 0.05) is 5.92 Å². The molecule has 3 N–H and O–H groups in total. The van der Waals surface area contributed by atoms with E-state index >= 15 is 0 Å². The van der Waals surface area contributed by atoms with Crippen LogP contribution in [0.25, 0.3) is 0 Å². The van der Waals surface area contributed by atoms with E-state index in [1.807, 2.05) is 6.07 Å². The van der Waals surface area contributed by atoms with E-state index in [0.29, 0.717) is 12.7 Å². The van der Waals surface area contributed by atoms with Crippen molar-refractivity contribution in [2.24, 2.45) is 16.7 Å². The molecule has 0 radical (unpaired) electrons. The highest BCUT2D eigenvalue weighted by Gasteiger charge is 2.71. The Kier molecular flexibility index (Phi) is 5.29. The standard InChI is InChI=1S/C20H27NO5/c1-5-14-19(16(23)24,11-13-9-7-6-8-10-13)15(12-22)21-20(14,17(25)26)18(2,3)4/h6-10,12,14-15,21H,5,11H2,1-4H3,(H,23,24)(H,25,26). The molecule has 26 heavy (non-hydrogen) atoms. The number of benzene rings is 1. The molecule has 0 spiro atoms. The maximum Gasteiger partial charge on any atom is 0.324 e. The van der Waals surface area contributed by atoms with E-state index in [1.54, 1.807) is 52.0 Å². The van der Waals surface area contributed by atoms with Crippen molar-refractivity contribution in [2.75, 3.05) is 0 Å². The van der Waals surface area contributed by atoms with Gasteiger partial charge < -0.3 is 15.0 Å². The summed E-state index contributed by atoms with van der Waals surface area (Å²) in [7, 11) is 0. The fraction of sp³-hybridized carbons (Fsp3) is 0.550. The van der Waals surface area contributed by atoms with Crippen molar-refractivity contribution >= 4 is 18.2 Å². The van der Waals surface area contributed by atoms with E-state index in [9.17, 15) is 24.6 Å². The summed E-state index contributed by atoms with van der Waals surface area (Å²) in [5.74, 6) is -3.04. The highest BCUT2D eigenvalue weighted by molar-refractivity contribution is 5.90. The van der Waals surface area contributed by atoms with Gasteiger partial charge in [0.25, 0.3) is 0 Å². The van der Waals surface area contributed by atoms with Crippen LogP contribution in [0.15, 0.2) is 30.3 Å². The molecule has 0 aliphatic carbocycles. The van der Waals surface area contributed by atoms with Gasteiger partial charge in [-0.2, -0.15) is 0 Å². The van der Waals surface area contributed by atoms with E-state index in [1.165, 1.54) is 0 Å². The average molecular weight is 361 g/mol. The summed E-state index contributed by atoms with van der Waals surface area (Å²) < 4.78 is 0. The number of rotatable bonds is 6. The molecule has 6 nitrogen and oxygen atoms in total. The van der Waals surface area contributed by atoms with Crippen molar-refractivity contribution in [1.29, 1.82) is 0 Å². The first-order chi connectivity index (χ1) is 12.1. The number of aliphatic carboxylic acids is 2. The van der Waals surface area contributed by atoms with Crippen LogP contribution in [-0.2, 0) is 20.8 Å². The molecule has 0 bridgehead atoms. The topological polar surface area (TPSA) is 104 Å². The molecule has 0 saturated carbocycles. The second-order valence-corrected chi connectivity index (χ2v) is 8.09. The van der Waals surface area contributed by atoms with Crippen molar-refractivity contribution in [3.8, 4) is 0 Å². The lowest BCUT2D eigenvalue weighted by atomic mass is 9.57. The Morgan fingerprint density at radius 3 is 2.12 bits per heavy atom. The van der Waals surface area contributed by atoms with Crippen LogP contribution in [0.4, 0.5) is 0 Å². The van der Waals surface area contributed by atoms with E-state index in [2.05, 4.69) is 5.32 Å².